The summed E-state index contributed by atoms with van der Waals surface area (Å²) in [5, 5.41) is 7.04. The number of ether oxygens (including phenoxy) is 2. The summed E-state index contributed by atoms with van der Waals surface area (Å²) in [5.41, 5.74) is 3.37. The third kappa shape index (κ3) is 5.92. The third-order valence-electron chi connectivity index (χ3n) is 3.90. The average Bonchev–Trinajstić information content (AvgIpc) is 2.62. The highest BCUT2D eigenvalue weighted by Crippen LogP contribution is 2.28. The van der Waals surface area contributed by atoms with Crippen LogP contribution in [0.3, 0.4) is 0 Å². The monoisotopic (exact) mass is 372 g/mol. The van der Waals surface area contributed by atoms with Gasteiger partial charge in [-0.25, -0.2) is 0 Å². The molecule has 26 heavy (non-hydrogen) atoms. The molecule has 2 aromatic carbocycles. The highest BCUT2D eigenvalue weighted by Gasteiger charge is 2.07. The van der Waals surface area contributed by atoms with Crippen molar-refractivity contribution >= 4 is 23.0 Å². The molecule has 0 fully saturated rings. The molecule has 0 bridgehead atoms. The minimum atomic E-state index is 0.522. The summed E-state index contributed by atoms with van der Waals surface area (Å²) in [6, 6.07) is 14.3. The lowest BCUT2D eigenvalue weighted by atomic mass is 10.0. The summed E-state index contributed by atoms with van der Waals surface area (Å²) in [6.07, 6.45) is 0. The van der Waals surface area contributed by atoms with Crippen LogP contribution < -0.4 is 20.1 Å². The van der Waals surface area contributed by atoms with E-state index in [2.05, 4.69) is 36.6 Å². The number of anilines is 1. The first-order valence-electron chi connectivity index (χ1n) is 9.06. The summed E-state index contributed by atoms with van der Waals surface area (Å²) in [6.45, 7) is 10.1. The van der Waals surface area contributed by atoms with Gasteiger partial charge in [-0.1, -0.05) is 32.0 Å². The van der Waals surface area contributed by atoms with E-state index in [0.29, 0.717) is 30.8 Å². The standard InChI is InChI=1S/C21H28N2O2S/c1-5-24-19-12-7-16(13-20(19)25-6-2)14-22-21(26)23-18-10-8-17(9-11-18)15(3)4/h7-13,15H,5-6,14H2,1-4H3,(H2,22,23,26). The van der Waals surface area contributed by atoms with Gasteiger partial charge in [0.2, 0.25) is 0 Å². The molecule has 0 spiro atoms. The maximum atomic E-state index is 5.66. The van der Waals surface area contributed by atoms with Gasteiger partial charge in [0.1, 0.15) is 0 Å². The molecule has 0 aromatic heterocycles. The average molecular weight is 373 g/mol. The predicted molar refractivity (Wildman–Crippen MR) is 112 cm³/mol. The van der Waals surface area contributed by atoms with Crippen molar-refractivity contribution < 1.29 is 9.47 Å². The third-order valence-corrected chi connectivity index (χ3v) is 4.14. The number of thiocarbonyl (C=S) groups is 1. The Labute approximate surface area is 161 Å². The molecule has 0 saturated heterocycles. The first kappa shape index (κ1) is 20.0. The van der Waals surface area contributed by atoms with E-state index < -0.39 is 0 Å². The van der Waals surface area contributed by atoms with Crippen molar-refractivity contribution in [2.75, 3.05) is 18.5 Å². The van der Waals surface area contributed by atoms with Crippen LogP contribution in [0.25, 0.3) is 0 Å². The van der Waals surface area contributed by atoms with Gasteiger partial charge in [-0.3, -0.25) is 0 Å². The Morgan fingerprint density at radius 2 is 1.62 bits per heavy atom. The van der Waals surface area contributed by atoms with Gasteiger partial charge < -0.3 is 20.1 Å². The van der Waals surface area contributed by atoms with Crippen molar-refractivity contribution in [1.82, 2.24) is 5.32 Å². The van der Waals surface area contributed by atoms with Crippen LogP contribution in [0.4, 0.5) is 5.69 Å². The van der Waals surface area contributed by atoms with Crippen molar-refractivity contribution in [2.24, 2.45) is 0 Å². The molecule has 2 rings (SSSR count). The molecule has 0 radical (unpaired) electrons. The normalized spacial score (nSPS) is 10.5. The maximum Gasteiger partial charge on any atom is 0.171 e. The van der Waals surface area contributed by atoms with Crippen molar-refractivity contribution in [3.05, 3.63) is 53.6 Å². The van der Waals surface area contributed by atoms with Gasteiger partial charge in [0, 0.05) is 12.2 Å². The quantitative estimate of drug-likeness (QED) is 0.632. The van der Waals surface area contributed by atoms with Crippen molar-refractivity contribution in [3.63, 3.8) is 0 Å². The van der Waals surface area contributed by atoms with E-state index in [1.54, 1.807) is 0 Å². The number of rotatable bonds is 8. The molecule has 2 N–H and O–H groups in total. The molecule has 0 aliphatic carbocycles. The van der Waals surface area contributed by atoms with Crippen LogP contribution in [-0.2, 0) is 6.54 Å². The molecule has 0 unspecified atom stereocenters. The van der Waals surface area contributed by atoms with E-state index in [1.807, 2.05) is 44.2 Å². The Balaban J connectivity index is 1.92. The second-order valence-electron chi connectivity index (χ2n) is 6.23. The minimum absolute atomic E-state index is 0.522. The van der Waals surface area contributed by atoms with E-state index in [0.717, 1.165) is 22.7 Å². The topological polar surface area (TPSA) is 42.5 Å². The van der Waals surface area contributed by atoms with Crippen LogP contribution in [0.5, 0.6) is 11.5 Å². The van der Waals surface area contributed by atoms with Crippen LogP contribution in [0.15, 0.2) is 42.5 Å². The molecule has 0 aliphatic rings. The van der Waals surface area contributed by atoms with Gasteiger partial charge in [0.05, 0.1) is 13.2 Å². The van der Waals surface area contributed by atoms with Crippen LogP contribution in [-0.4, -0.2) is 18.3 Å². The molecule has 0 aliphatic heterocycles. The van der Waals surface area contributed by atoms with Crippen LogP contribution in [0, 0.1) is 0 Å². The first-order valence-corrected chi connectivity index (χ1v) is 9.47. The Kier molecular flexibility index (Phi) is 7.73. The molecule has 0 atom stereocenters. The Bertz CT molecular complexity index is 714. The van der Waals surface area contributed by atoms with Gasteiger partial charge in [0.15, 0.2) is 16.6 Å². The highest BCUT2D eigenvalue weighted by molar-refractivity contribution is 7.80. The lowest BCUT2D eigenvalue weighted by Gasteiger charge is -2.14. The molecule has 0 amide bonds. The zero-order chi connectivity index (χ0) is 18.9. The number of nitrogens with one attached hydrogen (secondary N) is 2. The van der Waals surface area contributed by atoms with E-state index in [9.17, 15) is 0 Å². The largest absolute Gasteiger partial charge is 0.490 e. The van der Waals surface area contributed by atoms with Gasteiger partial charge in [0.25, 0.3) is 0 Å². The fraction of sp³-hybridized carbons (Fsp3) is 0.381. The summed E-state index contributed by atoms with van der Waals surface area (Å²) in [5.74, 6) is 2.05. The molecule has 4 nitrogen and oxygen atoms in total. The highest BCUT2D eigenvalue weighted by atomic mass is 32.1. The Morgan fingerprint density at radius 3 is 2.23 bits per heavy atom. The lowest BCUT2D eigenvalue weighted by Crippen LogP contribution is -2.27. The number of hydrogen-bond donors (Lipinski definition) is 2. The maximum absolute atomic E-state index is 5.66. The zero-order valence-electron chi connectivity index (χ0n) is 16.0. The Hall–Kier alpha value is -2.27. The van der Waals surface area contributed by atoms with Gasteiger partial charge in [-0.2, -0.15) is 0 Å². The molecular formula is C21H28N2O2S. The molecule has 140 valence electrons. The van der Waals surface area contributed by atoms with Gasteiger partial charge in [-0.05, 0) is 67.4 Å². The summed E-state index contributed by atoms with van der Waals surface area (Å²) < 4.78 is 11.3. The zero-order valence-corrected chi connectivity index (χ0v) is 16.8. The van der Waals surface area contributed by atoms with E-state index >= 15 is 0 Å². The second kappa shape index (κ2) is 10.0. The first-order chi connectivity index (χ1) is 12.5. The van der Waals surface area contributed by atoms with Crippen molar-refractivity contribution in [3.8, 4) is 11.5 Å². The summed E-state index contributed by atoms with van der Waals surface area (Å²) in [4.78, 5) is 0. The van der Waals surface area contributed by atoms with Crippen molar-refractivity contribution in [1.29, 1.82) is 0 Å². The second-order valence-corrected chi connectivity index (χ2v) is 6.64. The summed E-state index contributed by atoms with van der Waals surface area (Å²) in [7, 11) is 0. The van der Waals surface area contributed by atoms with Gasteiger partial charge >= 0.3 is 0 Å². The summed E-state index contributed by atoms with van der Waals surface area (Å²) >= 11 is 5.39. The molecule has 0 saturated carbocycles. The van der Waals surface area contributed by atoms with Crippen molar-refractivity contribution in [2.45, 2.75) is 40.2 Å². The molecule has 0 heterocycles. The van der Waals surface area contributed by atoms with E-state index in [-0.39, 0.29) is 0 Å². The number of hydrogen-bond acceptors (Lipinski definition) is 3. The minimum Gasteiger partial charge on any atom is -0.490 e. The molecule has 5 heteroatoms. The Morgan fingerprint density at radius 1 is 0.962 bits per heavy atom. The predicted octanol–water partition coefficient (Wildman–Crippen LogP) is 5.09. The van der Waals surface area contributed by atoms with Crippen LogP contribution in [0.2, 0.25) is 0 Å². The van der Waals surface area contributed by atoms with Crippen LogP contribution in [0.1, 0.15) is 44.7 Å². The fourth-order valence-electron chi connectivity index (χ4n) is 2.51. The number of benzene rings is 2. The molecular weight excluding hydrogens is 344 g/mol. The van der Waals surface area contributed by atoms with Crippen LogP contribution >= 0.6 is 12.2 Å². The fourth-order valence-corrected chi connectivity index (χ4v) is 2.70. The lowest BCUT2D eigenvalue weighted by molar-refractivity contribution is 0.287. The SMILES string of the molecule is CCOc1ccc(CNC(=S)Nc2ccc(C(C)C)cc2)cc1OCC. The van der Waals surface area contributed by atoms with E-state index in [4.69, 9.17) is 21.7 Å². The molecule has 2 aromatic rings. The smallest absolute Gasteiger partial charge is 0.171 e. The van der Waals surface area contributed by atoms with E-state index in [1.165, 1.54) is 5.56 Å². The van der Waals surface area contributed by atoms with Gasteiger partial charge in [-0.15, -0.1) is 0 Å².